The Hall–Kier alpha value is -3.21. The van der Waals surface area contributed by atoms with E-state index in [1.54, 1.807) is 18.2 Å². The number of rotatable bonds is 5. The van der Waals surface area contributed by atoms with Gasteiger partial charge in [0.1, 0.15) is 0 Å². The lowest BCUT2D eigenvalue weighted by atomic mass is 10.0. The summed E-state index contributed by atoms with van der Waals surface area (Å²) in [6.07, 6.45) is 7.43. The van der Waals surface area contributed by atoms with Crippen LogP contribution in [0.2, 0.25) is 0 Å². The van der Waals surface area contributed by atoms with E-state index in [1.807, 2.05) is 36.5 Å². The summed E-state index contributed by atoms with van der Waals surface area (Å²) in [7, 11) is 0. The number of allylic oxidation sites excluding steroid dienone is 1. The fourth-order valence-corrected chi connectivity index (χ4v) is 2.90. The molecule has 0 saturated carbocycles. The van der Waals surface area contributed by atoms with Crippen LogP contribution in [0.3, 0.4) is 0 Å². The lowest BCUT2D eigenvalue weighted by Crippen LogP contribution is -2.25. The summed E-state index contributed by atoms with van der Waals surface area (Å²) in [5.74, 6) is 0.0119. The fraction of sp³-hybridized carbons (Fsp3) is 0.190. The zero-order valence-electron chi connectivity index (χ0n) is 14.4. The SMILES string of the molecule is O=C(/C=C/N1CCC(=Cc2ccc([N+](=O)[O-])cc2)CC1)c1ccccc1. The molecular weight excluding hydrogens is 328 g/mol. The second kappa shape index (κ2) is 8.25. The number of benzene rings is 2. The molecule has 0 aliphatic carbocycles. The molecule has 0 N–H and O–H groups in total. The molecule has 1 fully saturated rings. The van der Waals surface area contributed by atoms with Crippen LogP contribution in [-0.4, -0.2) is 28.7 Å². The van der Waals surface area contributed by atoms with Crippen molar-refractivity contribution in [2.75, 3.05) is 13.1 Å². The molecule has 0 amide bonds. The first-order valence-electron chi connectivity index (χ1n) is 8.57. The van der Waals surface area contributed by atoms with Crippen LogP contribution in [0.4, 0.5) is 5.69 Å². The van der Waals surface area contributed by atoms with Crippen molar-refractivity contribution in [1.29, 1.82) is 0 Å². The van der Waals surface area contributed by atoms with Crippen LogP contribution in [0.1, 0.15) is 28.8 Å². The molecule has 26 heavy (non-hydrogen) atoms. The van der Waals surface area contributed by atoms with E-state index >= 15 is 0 Å². The number of likely N-dealkylation sites (tertiary alicyclic amines) is 1. The molecule has 2 aromatic carbocycles. The Morgan fingerprint density at radius 1 is 1.00 bits per heavy atom. The molecule has 1 heterocycles. The van der Waals surface area contributed by atoms with E-state index in [-0.39, 0.29) is 11.5 Å². The molecule has 0 unspecified atom stereocenters. The molecule has 132 valence electrons. The van der Waals surface area contributed by atoms with Crippen molar-refractivity contribution in [3.8, 4) is 0 Å². The lowest BCUT2D eigenvalue weighted by molar-refractivity contribution is -0.384. The summed E-state index contributed by atoms with van der Waals surface area (Å²) in [6, 6.07) is 15.8. The Morgan fingerprint density at radius 2 is 1.65 bits per heavy atom. The third kappa shape index (κ3) is 4.66. The summed E-state index contributed by atoms with van der Waals surface area (Å²) >= 11 is 0. The van der Waals surface area contributed by atoms with Crippen LogP contribution in [0.5, 0.6) is 0 Å². The topological polar surface area (TPSA) is 63.5 Å². The molecule has 1 saturated heterocycles. The molecule has 1 aliphatic heterocycles. The molecule has 0 radical (unpaired) electrons. The zero-order chi connectivity index (χ0) is 18.4. The normalized spacial score (nSPS) is 14.5. The third-order valence-electron chi connectivity index (χ3n) is 4.41. The van der Waals surface area contributed by atoms with Gasteiger partial charge in [-0.25, -0.2) is 0 Å². The van der Waals surface area contributed by atoms with Gasteiger partial charge in [0.25, 0.3) is 5.69 Å². The number of hydrogen-bond donors (Lipinski definition) is 0. The summed E-state index contributed by atoms with van der Waals surface area (Å²) in [5.41, 5.74) is 3.10. The maximum absolute atomic E-state index is 12.1. The number of nitro benzene ring substituents is 1. The first kappa shape index (κ1) is 17.6. The predicted molar refractivity (Wildman–Crippen MR) is 102 cm³/mol. The van der Waals surface area contributed by atoms with E-state index in [2.05, 4.69) is 11.0 Å². The Bertz CT molecular complexity index is 829. The molecule has 0 spiro atoms. The van der Waals surface area contributed by atoms with Crippen molar-refractivity contribution in [3.63, 3.8) is 0 Å². The number of nitrogens with zero attached hydrogens (tertiary/aromatic N) is 2. The second-order valence-corrected chi connectivity index (χ2v) is 6.23. The monoisotopic (exact) mass is 348 g/mol. The van der Waals surface area contributed by atoms with E-state index < -0.39 is 4.92 Å². The first-order chi connectivity index (χ1) is 12.6. The molecular formula is C21H20N2O3. The van der Waals surface area contributed by atoms with Crippen molar-refractivity contribution in [2.24, 2.45) is 0 Å². The van der Waals surface area contributed by atoms with Crippen molar-refractivity contribution in [1.82, 2.24) is 4.90 Å². The number of ketones is 1. The van der Waals surface area contributed by atoms with E-state index in [0.29, 0.717) is 5.56 Å². The van der Waals surface area contributed by atoms with Crippen molar-refractivity contribution in [2.45, 2.75) is 12.8 Å². The molecule has 3 rings (SSSR count). The average molecular weight is 348 g/mol. The van der Waals surface area contributed by atoms with Crippen LogP contribution in [0.25, 0.3) is 6.08 Å². The summed E-state index contributed by atoms with van der Waals surface area (Å²) in [4.78, 5) is 24.5. The van der Waals surface area contributed by atoms with Gasteiger partial charge in [0, 0.05) is 43.1 Å². The third-order valence-corrected chi connectivity index (χ3v) is 4.41. The quantitative estimate of drug-likeness (QED) is 0.346. The van der Waals surface area contributed by atoms with Gasteiger partial charge < -0.3 is 4.90 Å². The number of nitro groups is 1. The molecule has 2 aromatic rings. The van der Waals surface area contributed by atoms with Gasteiger partial charge in [-0.05, 0) is 30.5 Å². The Kier molecular flexibility index (Phi) is 5.59. The van der Waals surface area contributed by atoms with Crippen LogP contribution < -0.4 is 0 Å². The number of hydrogen-bond acceptors (Lipinski definition) is 4. The first-order valence-corrected chi connectivity index (χ1v) is 8.57. The van der Waals surface area contributed by atoms with Crippen molar-refractivity contribution >= 4 is 17.5 Å². The fourth-order valence-electron chi connectivity index (χ4n) is 2.90. The van der Waals surface area contributed by atoms with Gasteiger partial charge in [-0.15, -0.1) is 0 Å². The zero-order valence-corrected chi connectivity index (χ0v) is 14.4. The number of non-ortho nitro benzene ring substituents is 1. The van der Waals surface area contributed by atoms with Gasteiger partial charge >= 0.3 is 0 Å². The van der Waals surface area contributed by atoms with Crippen LogP contribution in [-0.2, 0) is 0 Å². The average Bonchev–Trinajstić information content (AvgIpc) is 2.68. The van der Waals surface area contributed by atoms with E-state index in [9.17, 15) is 14.9 Å². The largest absolute Gasteiger partial charge is 0.377 e. The summed E-state index contributed by atoms with van der Waals surface area (Å²) in [6.45, 7) is 1.72. The highest BCUT2D eigenvalue weighted by Crippen LogP contribution is 2.21. The van der Waals surface area contributed by atoms with Gasteiger partial charge in [0.15, 0.2) is 5.78 Å². The number of piperidine rings is 1. The van der Waals surface area contributed by atoms with Crippen LogP contribution in [0, 0.1) is 10.1 Å². The second-order valence-electron chi connectivity index (χ2n) is 6.23. The molecule has 1 aliphatic rings. The minimum absolute atomic E-state index is 0.0119. The van der Waals surface area contributed by atoms with E-state index in [0.717, 1.165) is 31.5 Å². The molecule has 0 atom stereocenters. The summed E-state index contributed by atoms with van der Waals surface area (Å²) in [5, 5.41) is 10.7. The standard InChI is InChI=1S/C21H20N2O3/c24-21(19-4-2-1-3-5-19)12-15-22-13-10-18(11-14-22)16-17-6-8-20(9-7-17)23(25)26/h1-9,12,15-16H,10-11,13-14H2/b15-12+. The highest BCUT2D eigenvalue weighted by atomic mass is 16.6. The molecule has 5 nitrogen and oxygen atoms in total. The molecule has 5 heteroatoms. The molecule has 0 aromatic heterocycles. The van der Waals surface area contributed by atoms with E-state index in [1.165, 1.54) is 17.7 Å². The van der Waals surface area contributed by atoms with Crippen molar-refractivity contribution < 1.29 is 9.72 Å². The smallest absolute Gasteiger partial charge is 0.269 e. The highest BCUT2D eigenvalue weighted by molar-refractivity contribution is 6.04. The maximum Gasteiger partial charge on any atom is 0.269 e. The minimum Gasteiger partial charge on any atom is -0.377 e. The summed E-state index contributed by atoms with van der Waals surface area (Å²) < 4.78 is 0. The van der Waals surface area contributed by atoms with E-state index in [4.69, 9.17) is 0 Å². The Morgan fingerprint density at radius 3 is 2.27 bits per heavy atom. The maximum atomic E-state index is 12.1. The Labute approximate surface area is 152 Å². The lowest BCUT2D eigenvalue weighted by Gasteiger charge is -2.27. The van der Waals surface area contributed by atoms with Crippen LogP contribution >= 0.6 is 0 Å². The van der Waals surface area contributed by atoms with Gasteiger partial charge in [0.05, 0.1) is 4.92 Å². The Balaban J connectivity index is 1.54. The molecule has 0 bridgehead atoms. The highest BCUT2D eigenvalue weighted by Gasteiger charge is 2.12. The van der Waals surface area contributed by atoms with Gasteiger partial charge in [0.2, 0.25) is 0 Å². The van der Waals surface area contributed by atoms with Gasteiger partial charge in [-0.2, -0.15) is 0 Å². The van der Waals surface area contributed by atoms with Crippen molar-refractivity contribution in [3.05, 3.63) is 93.7 Å². The van der Waals surface area contributed by atoms with Gasteiger partial charge in [-0.3, -0.25) is 14.9 Å². The van der Waals surface area contributed by atoms with Gasteiger partial charge in [-0.1, -0.05) is 42.0 Å². The van der Waals surface area contributed by atoms with Crippen LogP contribution in [0.15, 0.2) is 72.4 Å². The number of carbonyl (C=O) groups is 1. The number of carbonyl (C=O) groups excluding carboxylic acids is 1. The minimum atomic E-state index is -0.390. The predicted octanol–water partition coefficient (Wildman–Crippen LogP) is 4.47.